The average Bonchev–Trinajstić information content (AvgIpc) is 3.17. The number of aromatic nitrogens is 5. The molecule has 1 aromatic carbocycles. The minimum Gasteiger partial charge on any atom is -0.341 e. The maximum atomic E-state index is 12.2. The van der Waals surface area contributed by atoms with E-state index in [0.29, 0.717) is 18.1 Å². The van der Waals surface area contributed by atoms with Gasteiger partial charge < -0.3 is 4.98 Å². The van der Waals surface area contributed by atoms with E-state index in [2.05, 4.69) is 25.0 Å². The van der Waals surface area contributed by atoms with Crippen LogP contribution in [0.1, 0.15) is 11.5 Å². The van der Waals surface area contributed by atoms with Crippen LogP contribution in [0.5, 0.6) is 0 Å². The zero-order valence-corrected chi connectivity index (χ0v) is 15.4. The van der Waals surface area contributed by atoms with Gasteiger partial charge in [-0.1, -0.05) is 35.2 Å². The summed E-state index contributed by atoms with van der Waals surface area (Å²) < 4.78 is 2.19. The minimum atomic E-state index is -0.145. The summed E-state index contributed by atoms with van der Waals surface area (Å²) in [4.78, 5) is 27.4. The predicted molar refractivity (Wildman–Crippen MR) is 100 cm³/mol. The number of fused-ring (bicyclic) bond motifs is 2. The fourth-order valence-corrected chi connectivity index (χ4v) is 4.05. The fraction of sp³-hybridized carbons (Fsp3) is 0.250. The number of benzene rings is 1. The first-order chi connectivity index (χ1) is 12.1. The molecule has 0 radical (unpaired) electrons. The third kappa shape index (κ3) is 3.30. The molecule has 3 aromatic heterocycles. The molecule has 0 aliphatic rings. The van der Waals surface area contributed by atoms with E-state index in [1.807, 2.05) is 37.6 Å². The molecule has 4 rings (SSSR count). The van der Waals surface area contributed by atoms with E-state index in [9.17, 15) is 4.79 Å². The Balaban J connectivity index is 1.54. The molecule has 0 saturated carbocycles. The van der Waals surface area contributed by atoms with E-state index in [-0.39, 0.29) is 5.56 Å². The first-order valence-corrected chi connectivity index (χ1v) is 9.72. The van der Waals surface area contributed by atoms with Crippen LogP contribution in [0.15, 0.2) is 39.5 Å². The standard InChI is InChI=1S/C16H16N6OS2/c1-21(9-13-18-11-5-3-4-6-12(11)19-13)8-10-7-14(23)22-15(17-10)25-16(20-22)24-2/h3-7H,8-9H2,1-2H3,(H,18,19). The molecule has 0 aliphatic carbocycles. The summed E-state index contributed by atoms with van der Waals surface area (Å²) >= 11 is 2.94. The Hall–Kier alpha value is -2.23. The second kappa shape index (κ2) is 6.58. The maximum Gasteiger partial charge on any atom is 0.275 e. The summed E-state index contributed by atoms with van der Waals surface area (Å²) in [7, 11) is 1.98. The number of para-hydroxylation sites is 2. The second-order valence-electron chi connectivity index (χ2n) is 5.73. The van der Waals surface area contributed by atoms with Gasteiger partial charge in [0.25, 0.3) is 5.56 Å². The van der Waals surface area contributed by atoms with Gasteiger partial charge in [-0.25, -0.2) is 9.97 Å². The quantitative estimate of drug-likeness (QED) is 0.542. The Morgan fingerprint density at radius 3 is 2.92 bits per heavy atom. The van der Waals surface area contributed by atoms with E-state index < -0.39 is 0 Å². The fourth-order valence-electron chi connectivity index (χ4n) is 2.67. The van der Waals surface area contributed by atoms with Gasteiger partial charge in [0.1, 0.15) is 5.82 Å². The zero-order valence-electron chi connectivity index (χ0n) is 13.8. The van der Waals surface area contributed by atoms with Crippen LogP contribution >= 0.6 is 23.1 Å². The van der Waals surface area contributed by atoms with Crippen molar-refractivity contribution >= 4 is 39.1 Å². The Morgan fingerprint density at radius 2 is 2.12 bits per heavy atom. The second-order valence-corrected chi connectivity index (χ2v) is 7.73. The van der Waals surface area contributed by atoms with Crippen LogP contribution in [-0.4, -0.2) is 42.8 Å². The number of H-pyrrole nitrogens is 1. The van der Waals surface area contributed by atoms with Gasteiger partial charge in [-0.3, -0.25) is 9.69 Å². The lowest BCUT2D eigenvalue weighted by Gasteiger charge is -2.14. The third-order valence-corrected chi connectivity index (χ3v) is 5.63. The van der Waals surface area contributed by atoms with Crippen molar-refractivity contribution < 1.29 is 0 Å². The van der Waals surface area contributed by atoms with Crippen LogP contribution in [0.25, 0.3) is 16.0 Å². The highest BCUT2D eigenvalue weighted by Gasteiger charge is 2.11. The van der Waals surface area contributed by atoms with Crippen molar-refractivity contribution in [3.8, 4) is 0 Å². The Bertz CT molecular complexity index is 1070. The van der Waals surface area contributed by atoms with Gasteiger partial charge in [-0.05, 0) is 25.4 Å². The van der Waals surface area contributed by atoms with Crippen LogP contribution < -0.4 is 5.56 Å². The van der Waals surface area contributed by atoms with Crippen molar-refractivity contribution in [2.24, 2.45) is 0 Å². The first-order valence-electron chi connectivity index (χ1n) is 7.68. The molecule has 7 nitrogen and oxygen atoms in total. The molecule has 0 amide bonds. The Morgan fingerprint density at radius 1 is 1.28 bits per heavy atom. The third-order valence-electron chi connectivity index (χ3n) is 3.74. The monoisotopic (exact) mass is 372 g/mol. The Labute approximate surface area is 151 Å². The van der Waals surface area contributed by atoms with Gasteiger partial charge in [0.05, 0.1) is 23.3 Å². The highest BCUT2D eigenvalue weighted by atomic mass is 32.2. The van der Waals surface area contributed by atoms with Crippen molar-refractivity contribution in [2.75, 3.05) is 13.3 Å². The SMILES string of the molecule is CSc1nn2c(=O)cc(CN(C)Cc3nc4ccccc4[nH]3)nc2s1. The highest BCUT2D eigenvalue weighted by Crippen LogP contribution is 2.20. The lowest BCUT2D eigenvalue weighted by molar-refractivity contribution is 0.308. The lowest BCUT2D eigenvalue weighted by atomic mass is 10.3. The number of hydrogen-bond acceptors (Lipinski definition) is 7. The number of thioether (sulfide) groups is 1. The molecule has 3 heterocycles. The van der Waals surface area contributed by atoms with Crippen molar-refractivity contribution in [1.82, 2.24) is 29.5 Å². The summed E-state index contributed by atoms with van der Waals surface area (Å²) in [6.45, 7) is 1.21. The molecule has 0 fully saturated rings. The summed E-state index contributed by atoms with van der Waals surface area (Å²) in [6, 6.07) is 9.50. The van der Waals surface area contributed by atoms with Crippen LogP contribution in [0.3, 0.4) is 0 Å². The molecule has 0 atom stereocenters. The largest absolute Gasteiger partial charge is 0.341 e. The van der Waals surface area contributed by atoms with Crippen LogP contribution in [0, 0.1) is 0 Å². The number of nitrogens with zero attached hydrogens (tertiary/aromatic N) is 5. The molecule has 1 N–H and O–H groups in total. The summed E-state index contributed by atoms with van der Waals surface area (Å²) in [6.07, 6.45) is 1.94. The van der Waals surface area contributed by atoms with E-state index in [4.69, 9.17) is 0 Å². The van der Waals surface area contributed by atoms with Gasteiger partial charge >= 0.3 is 0 Å². The molecule has 4 aromatic rings. The summed E-state index contributed by atoms with van der Waals surface area (Å²) in [5.74, 6) is 0.893. The van der Waals surface area contributed by atoms with E-state index >= 15 is 0 Å². The molecule has 0 aliphatic heterocycles. The topological polar surface area (TPSA) is 79.2 Å². The van der Waals surface area contributed by atoms with Crippen LogP contribution in [-0.2, 0) is 13.1 Å². The smallest absolute Gasteiger partial charge is 0.275 e. The van der Waals surface area contributed by atoms with Gasteiger partial charge in [0, 0.05) is 12.6 Å². The number of imidazole rings is 1. The molecule has 0 saturated heterocycles. The normalized spacial score (nSPS) is 11.8. The van der Waals surface area contributed by atoms with E-state index in [1.165, 1.54) is 27.6 Å². The van der Waals surface area contributed by atoms with E-state index in [0.717, 1.165) is 26.9 Å². The first kappa shape index (κ1) is 16.2. The predicted octanol–water partition coefficient (Wildman–Crippen LogP) is 2.38. The lowest BCUT2D eigenvalue weighted by Crippen LogP contribution is -2.22. The number of rotatable bonds is 5. The molecule has 9 heteroatoms. The van der Waals surface area contributed by atoms with Gasteiger partial charge in [0.2, 0.25) is 4.96 Å². The molecule has 128 valence electrons. The number of nitrogens with one attached hydrogen (secondary N) is 1. The van der Waals surface area contributed by atoms with Crippen molar-refractivity contribution in [3.05, 3.63) is 52.2 Å². The molecule has 0 bridgehead atoms. The highest BCUT2D eigenvalue weighted by molar-refractivity contribution is 8.00. The molecule has 0 unspecified atom stereocenters. The zero-order chi connectivity index (χ0) is 17.4. The van der Waals surface area contributed by atoms with Crippen LogP contribution in [0.4, 0.5) is 0 Å². The molecule has 0 spiro atoms. The van der Waals surface area contributed by atoms with Crippen molar-refractivity contribution in [3.63, 3.8) is 0 Å². The minimum absolute atomic E-state index is 0.145. The maximum absolute atomic E-state index is 12.2. The van der Waals surface area contributed by atoms with Gasteiger partial charge in [-0.2, -0.15) is 4.52 Å². The molecule has 25 heavy (non-hydrogen) atoms. The van der Waals surface area contributed by atoms with E-state index in [1.54, 1.807) is 6.07 Å². The van der Waals surface area contributed by atoms with Gasteiger partial charge in [-0.15, -0.1) is 5.10 Å². The molecular formula is C16H16N6OS2. The van der Waals surface area contributed by atoms with Crippen molar-refractivity contribution in [1.29, 1.82) is 0 Å². The number of aromatic amines is 1. The Kier molecular flexibility index (Phi) is 4.28. The number of hydrogen-bond donors (Lipinski definition) is 1. The molecular weight excluding hydrogens is 356 g/mol. The van der Waals surface area contributed by atoms with Crippen LogP contribution in [0.2, 0.25) is 0 Å². The summed E-state index contributed by atoms with van der Waals surface area (Å²) in [5.41, 5.74) is 2.57. The average molecular weight is 372 g/mol. The van der Waals surface area contributed by atoms with Crippen molar-refractivity contribution in [2.45, 2.75) is 17.4 Å². The summed E-state index contributed by atoms with van der Waals surface area (Å²) in [5, 5.41) is 4.24. The van der Waals surface area contributed by atoms with Gasteiger partial charge in [0.15, 0.2) is 4.34 Å².